The van der Waals surface area contributed by atoms with E-state index in [-0.39, 0.29) is 0 Å². The zero-order chi connectivity index (χ0) is 17.8. The Kier molecular flexibility index (Phi) is 5.21. The van der Waals surface area contributed by atoms with Crippen LogP contribution < -0.4 is 15.8 Å². The third-order valence-electron chi connectivity index (χ3n) is 3.60. The summed E-state index contributed by atoms with van der Waals surface area (Å²) in [5.41, 5.74) is 8.17. The van der Waals surface area contributed by atoms with Crippen LogP contribution in [0.4, 0.5) is 5.69 Å². The van der Waals surface area contributed by atoms with Crippen LogP contribution in [0.2, 0.25) is 5.02 Å². The van der Waals surface area contributed by atoms with Crippen molar-refractivity contribution < 1.29 is 9.53 Å². The van der Waals surface area contributed by atoms with Gasteiger partial charge in [-0.15, -0.1) is 11.3 Å². The SMILES string of the molecule is COc1ccccc1-c1nc(CNc2cc(Cl)ccc2C(N)=O)cs1. The van der Waals surface area contributed by atoms with Crippen LogP contribution in [0, 0.1) is 0 Å². The number of hydrogen-bond acceptors (Lipinski definition) is 5. The maximum absolute atomic E-state index is 11.5. The van der Waals surface area contributed by atoms with E-state index >= 15 is 0 Å². The van der Waals surface area contributed by atoms with Crippen molar-refractivity contribution in [3.63, 3.8) is 0 Å². The number of anilines is 1. The Balaban J connectivity index is 1.79. The summed E-state index contributed by atoms with van der Waals surface area (Å²) in [6.07, 6.45) is 0. The maximum Gasteiger partial charge on any atom is 0.250 e. The zero-order valence-electron chi connectivity index (χ0n) is 13.5. The third-order valence-corrected chi connectivity index (χ3v) is 4.76. The van der Waals surface area contributed by atoms with Gasteiger partial charge in [-0.25, -0.2) is 4.98 Å². The molecule has 0 fully saturated rings. The van der Waals surface area contributed by atoms with Crippen molar-refractivity contribution in [1.29, 1.82) is 0 Å². The first-order valence-corrected chi connectivity index (χ1v) is 8.75. The molecule has 1 aromatic heterocycles. The van der Waals surface area contributed by atoms with Crippen molar-refractivity contribution >= 4 is 34.5 Å². The normalized spacial score (nSPS) is 10.5. The number of nitrogens with two attached hydrogens (primary N) is 1. The van der Waals surface area contributed by atoms with Crippen LogP contribution in [0.25, 0.3) is 10.6 Å². The second-order valence-electron chi connectivity index (χ2n) is 5.25. The molecule has 0 aliphatic heterocycles. The smallest absolute Gasteiger partial charge is 0.250 e. The Morgan fingerprint density at radius 2 is 2.12 bits per heavy atom. The summed E-state index contributed by atoms with van der Waals surface area (Å²) in [7, 11) is 1.64. The molecule has 0 atom stereocenters. The topological polar surface area (TPSA) is 77.2 Å². The number of nitrogens with zero attached hydrogens (tertiary/aromatic N) is 1. The number of nitrogens with one attached hydrogen (secondary N) is 1. The van der Waals surface area contributed by atoms with Crippen LogP contribution in [0.5, 0.6) is 5.75 Å². The van der Waals surface area contributed by atoms with Gasteiger partial charge in [0.1, 0.15) is 10.8 Å². The second kappa shape index (κ2) is 7.55. The van der Waals surface area contributed by atoms with Crippen molar-refractivity contribution in [2.24, 2.45) is 5.73 Å². The predicted octanol–water partition coefficient (Wildman–Crippen LogP) is 4.18. The minimum atomic E-state index is -0.507. The van der Waals surface area contributed by atoms with Crippen LogP contribution in [0.1, 0.15) is 16.1 Å². The lowest BCUT2D eigenvalue weighted by Crippen LogP contribution is -2.14. The van der Waals surface area contributed by atoms with E-state index in [0.717, 1.165) is 22.0 Å². The van der Waals surface area contributed by atoms with Gasteiger partial charge in [0, 0.05) is 16.1 Å². The largest absolute Gasteiger partial charge is 0.496 e. The summed E-state index contributed by atoms with van der Waals surface area (Å²) < 4.78 is 5.38. The lowest BCUT2D eigenvalue weighted by atomic mass is 10.1. The number of carbonyl (C=O) groups is 1. The molecular weight excluding hydrogens is 358 g/mol. The average molecular weight is 374 g/mol. The summed E-state index contributed by atoms with van der Waals surface area (Å²) in [5.74, 6) is 0.273. The molecule has 0 aliphatic carbocycles. The molecule has 3 rings (SSSR count). The van der Waals surface area contributed by atoms with Crippen molar-refractivity contribution in [1.82, 2.24) is 4.98 Å². The van der Waals surface area contributed by atoms with Crippen molar-refractivity contribution in [2.75, 3.05) is 12.4 Å². The molecule has 0 aliphatic rings. The van der Waals surface area contributed by atoms with Crippen LogP contribution >= 0.6 is 22.9 Å². The molecule has 0 bridgehead atoms. The summed E-state index contributed by atoms with van der Waals surface area (Å²) in [4.78, 5) is 16.1. The summed E-state index contributed by atoms with van der Waals surface area (Å²) in [6, 6.07) is 12.7. The Hall–Kier alpha value is -2.57. The number of rotatable bonds is 6. The average Bonchev–Trinajstić information content (AvgIpc) is 3.08. The van der Waals surface area contributed by atoms with Gasteiger partial charge in [0.25, 0.3) is 5.91 Å². The van der Waals surface area contributed by atoms with Gasteiger partial charge >= 0.3 is 0 Å². The summed E-state index contributed by atoms with van der Waals surface area (Å²) in [6.45, 7) is 0.451. The highest BCUT2D eigenvalue weighted by molar-refractivity contribution is 7.13. The molecule has 0 saturated carbocycles. The van der Waals surface area contributed by atoms with E-state index in [1.165, 1.54) is 11.3 Å². The number of carbonyl (C=O) groups excluding carboxylic acids is 1. The first kappa shape index (κ1) is 17.3. The fourth-order valence-electron chi connectivity index (χ4n) is 2.40. The Labute approximate surface area is 154 Å². The van der Waals surface area contributed by atoms with E-state index in [2.05, 4.69) is 10.3 Å². The molecule has 0 spiro atoms. The van der Waals surface area contributed by atoms with Gasteiger partial charge in [-0.3, -0.25) is 4.79 Å². The quantitative estimate of drug-likeness (QED) is 0.679. The maximum atomic E-state index is 11.5. The van der Waals surface area contributed by atoms with Gasteiger partial charge < -0.3 is 15.8 Å². The van der Waals surface area contributed by atoms with E-state index < -0.39 is 5.91 Å². The molecule has 5 nitrogen and oxygen atoms in total. The van der Waals surface area contributed by atoms with E-state index in [9.17, 15) is 4.79 Å². The van der Waals surface area contributed by atoms with Gasteiger partial charge in [-0.1, -0.05) is 23.7 Å². The molecular formula is C18H16ClN3O2S. The fourth-order valence-corrected chi connectivity index (χ4v) is 3.42. The minimum absolute atomic E-state index is 0.393. The van der Waals surface area contributed by atoms with Gasteiger partial charge in [0.2, 0.25) is 0 Å². The van der Waals surface area contributed by atoms with Crippen LogP contribution in [-0.2, 0) is 6.54 Å². The second-order valence-corrected chi connectivity index (χ2v) is 6.55. The first-order chi connectivity index (χ1) is 12.1. The summed E-state index contributed by atoms with van der Waals surface area (Å²) in [5, 5.41) is 6.53. The standard InChI is InChI=1S/C18H16ClN3O2S/c1-24-16-5-3-2-4-14(16)18-22-12(10-25-18)9-21-15-8-11(19)6-7-13(15)17(20)23/h2-8,10,21H,9H2,1H3,(H2,20,23). The number of halogens is 1. The van der Waals surface area contributed by atoms with Crippen LogP contribution in [-0.4, -0.2) is 18.0 Å². The minimum Gasteiger partial charge on any atom is -0.496 e. The molecule has 3 aromatic rings. The Bertz CT molecular complexity index is 911. The van der Waals surface area contributed by atoms with Crippen molar-refractivity contribution in [2.45, 2.75) is 6.54 Å². The number of thiazole rings is 1. The molecule has 0 unspecified atom stereocenters. The number of aromatic nitrogens is 1. The number of benzene rings is 2. The molecule has 128 valence electrons. The highest BCUT2D eigenvalue weighted by Gasteiger charge is 2.12. The number of hydrogen-bond donors (Lipinski definition) is 2. The highest BCUT2D eigenvalue weighted by atomic mass is 35.5. The molecule has 2 aromatic carbocycles. The van der Waals surface area contributed by atoms with E-state index in [1.807, 2.05) is 29.6 Å². The van der Waals surface area contributed by atoms with Gasteiger partial charge in [0.15, 0.2) is 0 Å². The number of amides is 1. The first-order valence-electron chi connectivity index (χ1n) is 7.49. The number of methoxy groups -OCH3 is 1. The fraction of sp³-hybridized carbons (Fsp3) is 0.111. The van der Waals surface area contributed by atoms with Crippen molar-refractivity contribution in [3.05, 3.63) is 64.1 Å². The van der Waals surface area contributed by atoms with Crippen molar-refractivity contribution in [3.8, 4) is 16.3 Å². The zero-order valence-corrected chi connectivity index (χ0v) is 15.0. The summed E-state index contributed by atoms with van der Waals surface area (Å²) >= 11 is 7.53. The van der Waals surface area contributed by atoms with Gasteiger partial charge in [0.05, 0.1) is 30.5 Å². The monoisotopic (exact) mass is 373 g/mol. The molecule has 1 amide bonds. The van der Waals surface area contributed by atoms with Crippen LogP contribution in [0.15, 0.2) is 47.8 Å². The molecule has 25 heavy (non-hydrogen) atoms. The Morgan fingerprint density at radius 3 is 2.88 bits per heavy atom. The van der Waals surface area contributed by atoms with Crippen LogP contribution in [0.3, 0.4) is 0 Å². The number of primary amides is 1. The molecule has 1 heterocycles. The lowest BCUT2D eigenvalue weighted by molar-refractivity contribution is 0.100. The van der Waals surface area contributed by atoms with E-state index in [4.69, 9.17) is 22.1 Å². The predicted molar refractivity (Wildman–Crippen MR) is 101 cm³/mol. The van der Waals surface area contributed by atoms with E-state index in [1.54, 1.807) is 25.3 Å². The number of para-hydroxylation sites is 1. The number of ether oxygens (including phenoxy) is 1. The highest BCUT2D eigenvalue weighted by Crippen LogP contribution is 2.32. The molecule has 3 N–H and O–H groups in total. The Morgan fingerprint density at radius 1 is 1.32 bits per heavy atom. The van der Waals surface area contributed by atoms with Gasteiger partial charge in [-0.2, -0.15) is 0 Å². The third kappa shape index (κ3) is 3.92. The van der Waals surface area contributed by atoms with E-state index in [0.29, 0.717) is 22.8 Å². The molecule has 0 radical (unpaired) electrons. The lowest BCUT2D eigenvalue weighted by Gasteiger charge is -2.09. The molecule has 7 heteroatoms. The molecule has 0 saturated heterocycles. The van der Waals surface area contributed by atoms with Gasteiger partial charge in [-0.05, 0) is 30.3 Å².